The molecule has 1 rings (SSSR count). The number of carbonyl (C=O) groups is 2. The second-order valence-corrected chi connectivity index (χ2v) is 3.56. The van der Waals surface area contributed by atoms with E-state index in [9.17, 15) is 14.0 Å². The lowest BCUT2D eigenvalue weighted by Gasteiger charge is -2.08. The van der Waals surface area contributed by atoms with Gasteiger partial charge < -0.3 is 16.0 Å². The average Bonchev–Trinajstić information content (AvgIpc) is 2.39. The molecule has 0 unspecified atom stereocenters. The fourth-order valence-electron chi connectivity index (χ4n) is 1.30. The Morgan fingerprint density at radius 1 is 1.37 bits per heavy atom. The summed E-state index contributed by atoms with van der Waals surface area (Å²) >= 11 is 0. The number of amides is 3. The van der Waals surface area contributed by atoms with Gasteiger partial charge in [-0.3, -0.25) is 4.79 Å². The van der Waals surface area contributed by atoms with Crippen LogP contribution in [0.25, 0.3) is 0 Å². The Hall–Kier alpha value is -2.62. The smallest absolute Gasteiger partial charge is 0.319 e. The van der Waals surface area contributed by atoms with Crippen molar-refractivity contribution >= 4 is 17.6 Å². The van der Waals surface area contributed by atoms with Crippen LogP contribution >= 0.6 is 0 Å². The van der Waals surface area contributed by atoms with Crippen LogP contribution in [0.1, 0.15) is 12.5 Å². The van der Waals surface area contributed by atoms with Crippen LogP contribution in [-0.4, -0.2) is 25.0 Å². The highest BCUT2D eigenvalue weighted by Gasteiger charge is 2.08. The number of halogens is 1. The molecule has 0 aliphatic rings. The number of likely N-dealkylation sites (N-methyl/N-ethyl adjacent to an activating group) is 1. The number of nitrogens with zero attached hydrogens (tertiary/aromatic N) is 1. The molecule has 3 amide bonds. The number of hydrogen-bond donors (Lipinski definition) is 3. The van der Waals surface area contributed by atoms with E-state index in [0.717, 1.165) is 12.1 Å². The van der Waals surface area contributed by atoms with E-state index in [4.69, 9.17) is 5.26 Å². The molecule has 0 heterocycles. The molecule has 0 aromatic heterocycles. The molecule has 6 nitrogen and oxygen atoms in total. The van der Waals surface area contributed by atoms with E-state index in [1.807, 2.05) is 0 Å². The molecule has 0 atom stereocenters. The second-order valence-electron chi connectivity index (χ2n) is 3.56. The summed E-state index contributed by atoms with van der Waals surface area (Å²) in [6.07, 6.45) is 0. The Bertz CT molecular complexity index is 525. The van der Waals surface area contributed by atoms with Crippen LogP contribution in [0.15, 0.2) is 18.2 Å². The lowest BCUT2D eigenvalue weighted by molar-refractivity contribution is -0.119. The number of hydrogen-bond acceptors (Lipinski definition) is 3. The molecule has 0 spiro atoms. The summed E-state index contributed by atoms with van der Waals surface area (Å²) in [6.45, 7) is 2.05. The van der Waals surface area contributed by atoms with E-state index in [0.29, 0.717) is 6.54 Å². The fourth-order valence-corrected chi connectivity index (χ4v) is 1.30. The van der Waals surface area contributed by atoms with Crippen molar-refractivity contribution in [3.05, 3.63) is 29.6 Å². The molecular formula is C12H13FN4O2. The molecular weight excluding hydrogens is 251 g/mol. The van der Waals surface area contributed by atoms with E-state index in [1.165, 1.54) is 6.07 Å². The van der Waals surface area contributed by atoms with E-state index in [1.54, 1.807) is 13.0 Å². The van der Waals surface area contributed by atoms with Crippen molar-refractivity contribution < 1.29 is 14.0 Å². The molecule has 19 heavy (non-hydrogen) atoms. The Kier molecular flexibility index (Phi) is 5.29. The molecule has 7 heteroatoms. The maximum absolute atomic E-state index is 12.9. The van der Waals surface area contributed by atoms with Crippen LogP contribution in [0.5, 0.6) is 0 Å². The summed E-state index contributed by atoms with van der Waals surface area (Å²) < 4.78 is 12.9. The van der Waals surface area contributed by atoms with Gasteiger partial charge in [-0.05, 0) is 25.1 Å². The first-order valence-corrected chi connectivity index (χ1v) is 5.58. The number of rotatable bonds is 4. The molecule has 0 bridgehead atoms. The van der Waals surface area contributed by atoms with Crippen molar-refractivity contribution in [3.8, 4) is 6.07 Å². The molecule has 0 radical (unpaired) electrons. The van der Waals surface area contributed by atoms with Crippen molar-refractivity contribution in [1.82, 2.24) is 10.6 Å². The lowest BCUT2D eigenvalue weighted by Crippen LogP contribution is -2.38. The van der Waals surface area contributed by atoms with Crippen LogP contribution in [0.4, 0.5) is 14.9 Å². The van der Waals surface area contributed by atoms with E-state index >= 15 is 0 Å². The van der Waals surface area contributed by atoms with Gasteiger partial charge in [0.2, 0.25) is 5.91 Å². The summed E-state index contributed by atoms with van der Waals surface area (Å²) in [4.78, 5) is 22.6. The van der Waals surface area contributed by atoms with Crippen molar-refractivity contribution in [1.29, 1.82) is 5.26 Å². The fraction of sp³-hybridized carbons (Fsp3) is 0.250. The standard InChI is InChI=1S/C12H13FN4O2/c1-2-15-11(18)7-16-12(19)17-10-4-3-9(13)5-8(10)6-14/h3-5H,2,7H2,1H3,(H,15,18)(H2,16,17,19). The Balaban J connectivity index is 2.58. The highest BCUT2D eigenvalue weighted by atomic mass is 19.1. The Labute approximate surface area is 109 Å². The first kappa shape index (κ1) is 14.4. The quantitative estimate of drug-likeness (QED) is 0.755. The molecule has 1 aromatic rings. The van der Waals surface area contributed by atoms with Crippen LogP contribution in [0.2, 0.25) is 0 Å². The number of nitriles is 1. The minimum atomic E-state index is -0.644. The van der Waals surface area contributed by atoms with Crippen LogP contribution in [0, 0.1) is 17.1 Å². The molecule has 3 N–H and O–H groups in total. The number of carbonyl (C=O) groups excluding carboxylic acids is 2. The zero-order chi connectivity index (χ0) is 14.3. The lowest BCUT2D eigenvalue weighted by atomic mass is 10.2. The largest absolute Gasteiger partial charge is 0.355 e. The average molecular weight is 264 g/mol. The number of nitrogens with one attached hydrogen (secondary N) is 3. The van der Waals surface area contributed by atoms with E-state index < -0.39 is 11.8 Å². The monoisotopic (exact) mass is 264 g/mol. The predicted molar refractivity (Wildman–Crippen MR) is 66.8 cm³/mol. The molecule has 0 aliphatic heterocycles. The minimum absolute atomic E-state index is 0.00756. The van der Waals surface area contributed by atoms with E-state index in [2.05, 4.69) is 16.0 Å². The summed E-state index contributed by atoms with van der Waals surface area (Å²) in [5.41, 5.74) is 0.186. The predicted octanol–water partition coefficient (Wildman–Crippen LogP) is 0.955. The number of anilines is 1. The molecule has 0 saturated heterocycles. The van der Waals surface area contributed by atoms with Gasteiger partial charge in [-0.15, -0.1) is 0 Å². The van der Waals surface area contributed by atoms with Crippen molar-refractivity contribution in [2.24, 2.45) is 0 Å². The summed E-state index contributed by atoms with van der Waals surface area (Å²) in [6, 6.07) is 4.54. The third kappa shape index (κ3) is 4.63. The zero-order valence-corrected chi connectivity index (χ0v) is 10.3. The van der Waals surface area contributed by atoms with Gasteiger partial charge in [0.25, 0.3) is 0 Å². The first-order chi connectivity index (χ1) is 9.06. The van der Waals surface area contributed by atoms with Crippen LogP contribution < -0.4 is 16.0 Å². The maximum Gasteiger partial charge on any atom is 0.319 e. The molecule has 1 aromatic carbocycles. The summed E-state index contributed by atoms with van der Waals surface area (Å²) in [7, 11) is 0. The van der Waals surface area contributed by atoms with Crippen molar-refractivity contribution in [3.63, 3.8) is 0 Å². The van der Waals surface area contributed by atoms with Gasteiger partial charge in [0.15, 0.2) is 0 Å². The van der Waals surface area contributed by atoms with Gasteiger partial charge in [0.05, 0.1) is 17.8 Å². The van der Waals surface area contributed by atoms with Crippen LogP contribution in [-0.2, 0) is 4.79 Å². The summed E-state index contributed by atoms with van der Waals surface area (Å²) in [5, 5.41) is 16.0. The third-order valence-electron chi connectivity index (χ3n) is 2.13. The molecule has 0 saturated carbocycles. The van der Waals surface area contributed by atoms with Gasteiger partial charge in [0.1, 0.15) is 11.9 Å². The zero-order valence-electron chi connectivity index (χ0n) is 10.3. The highest BCUT2D eigenvalue weighted by Crippen LogP contribution is 2.15. The minimum Gasteiger partial charge on any atom is -0.355 e. The number of benzene rings is 1. The van der Waals surface area contributed by atoms with Crippen LogP contribution in [0.3, 0.4) is 0 Å². The second kappa shape index (κ2) is 6.96. The van der Waals surface area contributed by atoms with Gasteiger partial charge in [-0.1, -0.05) is 0 Å². The number of urea groups is 1. The molecule has 0 fully saturated rings. The normalized spacial score (nSPS) is 9.32. The van der Waals surface area contributed by atoms with Gasteiger partial charge in [-0.2, -0.15) is 5.26 Å². The highest BCUT2D eigenvalue weighted by molar-refractivity contribution is 5.93. The van der Waals surface area contributed by atoms with Crippen molar-refractivity contribution in [2.75, 3.05) is 18.4 Å². The van der Waals surface area contributed by atoms with E-state index in [-0.39, 0.29) is 23.7 Å². The topological polar surface area (TPSA) is 94.0 Å². The SMILES string of the molecule is CCNC(=O)CNC(=O)Nc1ccc(F)cc1C#N. The Morgan fingerprint density at radius 3 is 2.74 bits per heavy atom. The Morgan fingerprint density at radius 2 is 2.11 bits per heavy atom. The van der Waals surface area contributed by atoms with Gasteiger partial charge in [0, 0.05) is 6.54 Å². The first-order valence-electron chi connectivity index (χ1n) is 5.58. The van der Waals surface area contributed by atoms with Crippen molar-refractivity contribution in [2.45, 2.75) is 6.92 Å². The van der Waals surface area contributed by atoms with Gasteiger partial charge in [-0.25, -0.2) is 9.18 Å². The third-order valence-corrected chi connectivity index (χ3v) is 2.13. The molecule has 100 valence electrons. The molecule has 0 aliphatic carbocycles. The summed E-state index contributed by atoms with van der Waals surface area (Å²) in [5.74, 6) is -0.887. The maximum atomic E-state index is 12.9. The van der Waals surface area contributed by atoms with Gasteiger partial charge >= 0.3 is 6.03 Å².